The minimum atomic E-state index is -0.0466. The van der Waals surface area contributed by atoms with Crippen molar-refractivity contribution in [2.75, 3.05) is 4.90 Å². The van der Waals surface area contributed by atoms with Gasteiger partial charge in [-0.15, -0.1) is 0 Å². The molecule has 0 N–H and O–H groups in total. The Morgan fingerprint density at radius 3 is 1.76 bits per heavy atom. The molecule has 0 fully saturated rings. The van der Waals surface area contributed by atoms with E-state index in [9.17, 15) is 0 Å². The van der Waals surface area contributed by atoms with Crippen LogP contribution in [-0.4, -0.2) is 4.57 Å². The zero-order chi connectivity index (χ0) is 37.0. The second kappa shape index (κ2) is 11.8. The van der Waals surface area contributed by atoms with E-state index in [2.05, 4.69) is 201 Å². The predicted octanol–water partition coefficient (Wildman–Crippen LogP) is 14.7. The molecule has 0 spiro atoms. The van der Waals surface area contributed by atoms with Gasteiger partial charge in [0.1, 0.15) is 0 Å². The summed E-state index contributed by atoms with van der Waals surface area (Å²) < 4.78 is 2.58. The molecular weight excluding hydrogens is 665 g/mol. The fraction of sp³-hybridized carbons (Fsp3) is 0.132. The van der Waals surface area contributed by atoms with Gasteiger partial charge >= 0.3 is 0 Å². The van der Waals surface area contributed by atoms with Crippen LogP contribution in [0.3, 0.4) is 0 Å². The lowest BCUT2D eigenvalue weighted by molar-refractivity contribution is 0.642. The summed E-state index contributed by atoms with van der Waals surface area (Å²) in [6, 6.07) is 58.8. The Balaban J connectivity index is 1.15. The molecule has 1 unspecified atom stereocenters. The first-order valence-electron chi connectivity index (χ1n) is 19.7. The number of aryl methyl sites for hydroxylation is 1. The maximum atomic E-state index is 2.58. The van der Waals surface area contributed by atoms with Gasteiger partial charge in [-0.3, -0.25) is 0 Å². The van der Waals surface area contributed by atoms with Crippen molar-refractivity contribution in [1.82, 2.24) is 4.57 Å². The second-order valence-corrected chi connectivity index (χ2v) is 16.3. The average molecular weight is 707 g/mol. The number of allylic oxidation sites excluding steroid dienone is 4. The van der Waals surface area contributed by atoms with Crippen LogP contribution >= 0.6 is 0 Å². The van der Waals surface area contributed by atoms with Crippen LogP contribution in [-0.2, 0) is 5.41 Å². The van der Waals surface area contributed by atoms with E-state index in [-0.39, 0.29) is 5.41 Å². The summed E-state index contributed by atoms with van der Waals surface area (Å²) in [5, 5.41) is 10.3. The quantitative estimate of drug-likeness (QED) is 0.165. The van der Waals surface area contributed by atoms with E-state index in [1.807, 2.05) is 0 Å². The maximum Gasteiger partial charge on any atom is 0.0558 e. The summed E-state index contributed by atoms with van der Waals surface area (Å²) >= 11 is 0. The van der Waals surface area contributed by atoms with Gasteiger partial charge in [0.25, 0.3) is 0 Å². The smallest absolute Gasteiger partial charge is 0.0558 e. The van der Waals surface area contributed by atoms with Crippen LogP contribution in [0.15, 0.2) is 169 Å². The average Bonchev–Trinajstić information content (AvgIpc) is 3.66. The highest BCUT2D eigenvalue weighted by molar-refractivity contribution is 6.26. The molecule has 2 nitrogen and oxygen atoms in total. The molecule has 9 aromatic rings. The molecule has 1 atom stereocenters. The van der Waals surface area contributed by atoms with Gasteiger partial charge in [0, 0.05) is 44.9 Å². The van der Waals surface area contributed by atoms with Crippen molar-refractivity contribution in [1.29, 1.82) is 0 Å². The molecular formula is C53H42N2. The first-order valence-corrected chi connectivity index (χ1v) is 19.7. The highest BCUT2D eigenvalue weighted by atomic mass is 15.1. The molecule has 2 aliphatic carbocycles. The number of benzene rings is 8. The molecule has 11 rings (SSSR count). The standard InChI is InChI=1S/C53H42N2/c1-33-21-23-35(24-22-33)54(36-25-27-42-40-15-6-5-13-38(40)39-14-7-8-16-41(39)46(42)30-36)37-26-28-45-44-18-10-12-20-50(44)55(52(45)31-37)51-32-49-47(29-34(51)2)43-17-9-11-19-48(43)53(49,3)4/h5-28,30-32,34H,29H2,1-4H3. The first kappa shape index (κ1) is 32.1. The molecule has 2 aliphatic rings. The number of aromatic nitrogens is 1. The summed E-state index contributed by atoms with van der Waals surface area (Å²) in [4.78, 5) is 2.44. The van der Waals surface area contributed by atoms with Gasteiger partial charge < -0.3 is 9.47 Å². The zero-order valence-electron chi connectivity index (χ0n) is 31.8. The molecule has 55 heavy (non-hydrogen) atoms. The van der Waals surface area contributed by atoms with Crippen LogP contribution in [0, 0.1) is 12.8 Å². The van der Waals surface area contributed by atoms with Gasteiger partial charge in [-0.05, 0) is 116 Å². The Labute approximate surface area is 322 Å². The summed E-state index contributed by atoms with van der Waals surface area (Å²) in [5.41, 5.74) is 14.3. The normalized spacial score (nSPS) is 16.3. The lowest BCUT2D eigenvalue weighted by Crippen LogP contribution is -2.19. The van der Waals surface area contributed by atoms with E-state index in [4.69, 9.17) is 0 Å². The molecule has 8 aromatic carbocycles. The van der Waals surface area contributed by atoms with Crippen LogP contribution < -0.4 is 4.90 Å². The molecule has 0 saturated carbocycles. The molecule has 0 aliphatic heterocycles. The fourth-order valence-corrected chi connectivity index (χ4v) is 9.98. The molecule has 0 bridgehead atoms. The van der Waals surface area contributed by atoms with Crippen LogP contribution in [0.5, 0.6) is 0 Å². The van der Waals surface area contributed by atoms with Gasteiger partial charge in [-0.1, -0.05) is 142 Å². The number of rotatable bonds is 4. The SMILES string of the molecule is Cc1ccc(N(c2ccc3c4ccccc4c4ccccc4c3c2)c2ccc3c4ccccc4n(C4=CC5=C(CC4C)c4ccccc4C5(C)C)c3c2)cc1. The van der Waals surface area contributed by atoms with Crippen molar-refractivity contribution in [2.45, 2.75) is 39.5 Å². The Kier molecular flexibility index (Phi) is 6.89. The van der Waals surface area contributed by atoms with E-state index in [0.29, 0.717) is 5.92 Å². The van der Waals surface area contributed by atoms with Crippen molar-refractivity contribution in [3.63, 3.8) is 0 Å². The summed E-state index contributed by atoms with van der Waals surface area (Å²) in [7, 11) is 0. The number of fused-ring (bicyclic) bond motifs is 11. The molecule has 1 aromatic heterocycles. The van der Waals surface area contributed by atoms with E-state index in [1.165, 1.54) is 87.7 Å². The summed E-state index contributed by atoms with van der Waals surface area (Å²) in [6.45, 7) is 9.38. The van der Waals surface area contributed by atoms with Crippen molar-refractivity contribution >= 4 is 82.5 Å². The van der Waals surface area contributed by atoms with Gasteiger partial charge in [0.2, 0.25) is 0 Å². The third-order valence-corrected chi connectivity index (χ3v) is 12.7. The fourth-order valence-electron chi connectivity index (χ4n) is 9.98. The number of hydrogen-bond donors (Lipinski definition) is 0. The van der Waals surface area contributed by atoms with E-state index in [0.717, 1.165) is 23.5 Å². The third-order valence-electron chi connectivity index (χ3n) is 12.7. The van der Waals surface area contributed by atoms with E-state index in [1.54, 1.807) is 0 Å². The van der Waals surface area contributed by atoms with Crippen molar-refractivity contribution < 1.29 is 0 Å². The second-order valence-electron chi connectivity index (χ2n) is 16.3. The maximum absolute atomic E-state index is 2.58. The van der Waals surface area contributed by atoms with E-state index >= 15 is 0 Å². The van der Waals surface area contributed by atoms with Crippen molar-refractivity contribution in [3.8, 4) is 0 Å². The highest BCUT2D eigenvalue weighted by Gasteiger charge is 2.40. The molecule has 264 valence electrons. The Hall–Kier alpha value is -6.38. The first-order chi connectivity index (χ1) is 26.9. The predicted molar refractivity (Wildman–Crippen MR) is 236 cm³/mol. The van der Waals surface area contributed by atoms with Gasteiger partial charge in [-0.25, -0.2) is 0 Å². The Bertz CT molecular complexity index is 3080. The molecule has 0 saturated heterocycles. The monoisotopic (exact) mass is 706 g/mol. The third kappa shape index (κ3) is 4.67. The van der Waals surface area contributed by atoms with Gasteiger partial charge in [0.15, 0.2) is 0 Å². The Morgan fingerprint density at radius 1 is 0.527 bits per heavy atom. The number of nitrogens with zero attached hydrogens (tertiary/aromatic N) is 2. The number of anilines is 3. The topological polar surface area (TPSA) is 8.17 Å². The van der Waals surface area contributed by atoms with Crippen LogP contribution in [0.1, 0.15) is 43.9 Å². The molecule has 2 heteroatoms. The van der Waals surface area contributed by atoms with Crippen LogP contribution in [0.2, 0.25) is 0 Å². The summed E-state index contributed by atoms with van der Waals surface area (Å²) in [5.74, 6) is 0.347. The minimum absolute atomic E-state index is 0.0466. The lowest BCUT2D eigenvalue weighted by atomic mass is 9.78. The van der Waals surface area contributed by atoms with Gasteiger partial charge in [-0.2, -0.15) is 0 Å². The largest absolute Gasteiger partial charge is 0.313 e. The number of hydrogen-bond acceptors (Lipinski definition) is 1. The van der Waals surface area contributed by atoms with E-state index < -0.39 is 0 Å². The van der Waals surface area contributed by atoms with Crippen molar-refractivity contribution in [2.24, 2.45) is 5.92 Å². The van der Waals surface area contributed by atoms with Crippen LogP contribution in [0.4, 0.5) is 17.1 Å². The van der Waals surface area contributed by atoms with Crippen LogP contribution in [0.25, 0.3) is 65.4 Å². The lowest BCUT2D eigenvalue weighted by Gasteiger charge is -2.30. The summed E-state index contributed by atoms with van der Waals surface area (Å²) in [6.07, 6.45) is 3.57. The van der Waals surface area contributed by atoms with Crippen molar-refractivity contribution in [3.05, 3.63) is 186 Å². The molecule has 0 radical (unpaired) electrons. The highest BCUT2D eigenvalue weighted by Crippen LogP contribution is 2.53. The zero-order valence-corrected chi connectivity index (χ0v) is 31.8. The number of para-hydroxylation sites is 1. The van der Waals surface area contributed by atoms with Gasteiger partial charge in [0.05, 0.1) is 11.0 Å². The molecule has 0 amide bonds. The Morgan fingerprint density at radius 2 is 1.05 bits per heavy atom. The molecule has 1 heterocycles. The minimum Gasteiger partial charge on any atom is -0.313 e.